The quantitative estimate of drug-likeness (QED) is 0.825. The predicted molar refractivity (Wildman–Crippen MR) is 74.7 cm³/mol. The second kappa shape index (κ2) is 4.84. The molecule has 18 heavy (non-hydrogen) atoms. The maximum atomic E-state index is 6.05. The van der Waals surface area contributed by atoms with E-state index in [1.807, 2.05) is 12.3 Å². The standard InChI is InChI=1S/C14H24N4/c1-10-9-18(8-6-11(10)15)13-16-7-5-12(17-13)14(2,3)4/h5,7,10-11H,6,8-9,15H2,1-4H3. The van der Waals surface area contributed by atoms with E-state index in [0.717, 1.165) is 31.2 Å². The van der Waals surface area contributed by atoms with Crippen molar-refractivity contribution in [3.8, 4) is 0 Å². The fraction of sp³-hybridized carbons (Fsp3) is 0.714. The van der Waals surface area contributed by atoms with Crippen LogP contribution in [0.2, 0.25) is 0 Å². The van der Waals surface area contributed by atoms with E-state index in [4.69, 9.17) is 10.7 Å². The molecule has 2 N–H and O–H groups in total. The Hall–Kier alpha value is -1.16. The van der Waals surface area contributed by atoms with Crippen molar-refractivity contribution in [2.45, 2.75) is 45.6 Å². The van der Waals surface area contributed by atoms with Gasteiger partial charge in [0.2, 0.25) is 5.95 Å². The molecule has 1 aromatic heterocycles. The van der Waals surface area contributed by atoms with Gasteiger partial charge in [-0.15, -0.1) is 0 Å². The lowest BCUT2D eigenvalue weighted by Crippen LogP contribution is -2.46. The summed E-state index contributed by atoms with van der Waals surface area (Å²) in [5.41, 5.74) is 7.21. The van der Waals surface area contributed by atoms with Crippen molar-refractivity contribution < 1.29 is 0 Å². The molecule has 100 valence electrons. The number of piperidine rings is 1. The summed E-state index contributed by atoms with van der Waals surface area (Å²) >= 11 is 0. The van der Waals surface area contributed by atoms with E-state index in [0.29, 0.717) is 12.0 Å². The molecular formula is C14H24N4. The molecule has 0 spiro atoms. The fourth-order valence-corrected chi connectivity index (χ4v) is 2.26. The van der Waals surface area contributed by atoms with Gasteiger partial charge in [-0.1, -0.05) is 27.7 Å². The molecule has 4 heteroatoms. The zero-order valence-electron chi connectivity index (χ0n) is 11.8. The smallest absolute Gasteiger partial charge is 0.225 e. The maximum Gasteiger partial charge on any atom is 0.225 e. The fourth-order valence-electron chi connectivity index (χ4n) is 2.26. The largest absolute Gasteiger partial charge is 0.340 e. The van der Waals surface area contributed by atoms with Crippen LogP contribution in [0.1, 0.15) is 39.8 Å². The highest BCUT2D eigenvalue weighted by molar-refractivity contribution is 5.33. The van der Waals surface area contributed by atoms with E-state index in [1.54, 1.807) is 0 Å². The topological polar surface area (TPSA) is 55.0 Å². The second-order valence-electron chi connectivity index (χ2n) is 6.37. The van der Waals surface area contributed by atoms with Crippen LogP contribution in [0, 0.1) is 5.92 Å². The van der Waals surface area contributed by atoms with Gasteiger partial charge in [-0.25, -0.2) is 9.97 Å². The van der Waals surface area contributed by atoms with E-state index >= 15 is 0 Å². The van der Waals surface area contributed by atoms with Crippen molar-refractivity contribution in [2.75, 3.05) is 18.0 Å². The number of anilines is 1. The molecule has 1 aromatic rings. The molecule has 0 aliphatic carbocycles. The van der Waals surface area contributed by atoms with Gasteiger partial charge in [-0.2, -0.15) is 0 Å². The number of nitrogens with two attached hydrogens (primary N) is 1. The summed E-state index contributed by atoms with van der Waals surface area (Å²) in [6.45, 7) is 10.6. The van der Waals surface area contributed by atoms with E-state index in [9.17, 15) is 0 Å². The van der Waals surface area contributed by atoms with Gasteiger partial charge in [0, 0.05) is 30.7 Å². The third-order valence-electron chi connectivity index (χ3n) is 3.67. The minimum atomic E-state index is 0.0650. The number of hydrogen-bond acceptors (Lipinski definition) is 4. The van der Waals surface area contributed by atoms with Crippen LogP contribution in [0.3, 0.4) is 0 Å². The van der Waals surface area contributed by atoms with Gasteiger partial charge in [0.1, 0.15) is 0 Å². The maximum absolute atomic E-state index is 6.05. The lowest BCUT2D eigenvalue weighted by atomic mass is 9.92. The lowest BCUT2D eigenvalue weighted by molar-refractivity contribution is 0.379. The van der Waals surface area contributed by atoms with Gasteiger partial charge in [0.15, 0.2) is 0 Å². The molecule has 4 nitrogen and oxygen atoms in total. The third kappa shape index (κ3) is 2.80. The highest BCUT2D eigenvalue weighted by Gasteiger charge is 2.25. The van der Waals surface area contributed by atoms with E-state index < -0.39 is 0 Å². The summed E-state index contributed by atoms with van der Waals surface area (Å²) in [7, 11) is 0. The molecule has 1 saturated heterocycles. The summed E-state index contributed by atoms with van der Waals surface area (Å²) in [6, 6.07) is 2.31. The highest BCUT2D eigenvalue weighted by Crippen LogP contribution is 2.23. The average Bonchev–Trinajstić information content (AvgIpc) is 2.32. The van der Waals surface area contributed by atoms with Crippen LogP contribution in [-0.2, 0) is 5.41 Å². The first kappa shape index (κ1) is 13.3. The Morgan fingerprint density at radius 1 is 1.39 bits per heavy atom. The van der Waals surface area contributed by atoms with E-state index in [-0.39, 0.29) is 5.41 Å². The first-order valence-corrected chi connectivity index (χ1v) is 6.72. The van der Waals surface area contributed by atoms with Crippen molar-refractivity contribution in [1.82, 2.24) is 9.97 Å². The molecule has 0 saturated carbocycles. The first-order chi connectivity index (χ1) is 8.38. The molecule has 0 amide bonds. The summed E-state index contributed by atoms with van der Waals surface area (Å²) in [4.78, 5) is 11.4. The van der Waals surface area contributed by atoms with Crippen LogP contribution in [0.15, 0.2) is 12.3 Å². The molecule has 2 rings (SSSR count). The van der Waals surface area contributed by atoms with Crippen LogP contribution < -0.4 is 10.6 Å². The molecular weight excluding hydrogens is 224 g/mol. The molecule has 0 radical (unpaired) electrons. The Morgan fingerprint density at radius 2 is 2.11 bits per heavy atom. The molecule has 0 aromatic carbocycles. The van der Waals surface area contributed by atoms with Crippen molar-refractivity contribution in [2.24, 2.45) is 11.7 Å². The molecule has 1 fully saturated rings. The predicted octanol–water partition coefficient (Wildman–Crippen LogP) is 1.95. The van der Waals surface area contributed by atoms with Crippen molar-refractivity contribution in [3.05, 3.63) is 18.0 Å². The van der Waals surface area contributed by atoms with Gasteiger partial charge in [-0.3, -0.25) is 0 Å². The number of nitrogens with zero attached hydrogens (tertiary/aromatic N) is 3. The molecule has 2 unspecified atom stereocenters. The summed E-state index contributed by atoms with van der Waals surface area (Å²) in [5.74, 6) is 1.35. The Balaban J connectivity index is 2.19. The van der Waals surface area contributed by atoms with Crippen LogP contribution in [0.5, 0.6) is 0 Å². The number of aromatic nitrogens is 2. The van der Waals surface area contributed by atoms with Gasteiger partial charge >= 0.3 is 0 Å². The van der Waals surface area contributed by atoms with Crippen LogP contribution in [0.25, 0.3) is 0 Å². The van der Waals surface area contributed by atoms with Gasteiger partial charge in [-0.05, 0) is 18.4 Å². The van der Waals surface area contributed by atoms with Crippen molar-refractivity contribution in [3.63, 3.8) is 0 Å². The van der Waals surface area contributed by atoms with Gasteiger partial charge in [0.25, 0.3) is 0 Å². The van der Waals surface area contributed by atoms with E-state index in [2.05, 4.69) is 37.6 Å². The minimum absolute atomic E-state index is 0.0650. The van der Waals surface area contributed by atoms with E-state index in [1.165, 1.54) is 0 Å². The SMILES string of the molecule is CC1CN(c2nccc(C(C)(C)C)n2)CCC1N. The third-order valence-corrected chi connectivity index (χ3v) is 3.67. The highest BCUT2D eigenvalue weighted by atomic mass is 15.3. The second-order valence-corrected chi connectivity index (χ2v) is 6.37. The summed E-state index contributed by atoms with van der Waals surface area (Å²) < 4.78 is 0. The Kier molecular flexibility index (Phi) is 3.57. The average molecular weight is 248 g/mol. The monoisotopic (exact) mass is 248 g/mol. The molecule has 2 atom stereocenters. The zero-order chi connectivity index (χ0) is 13.3. The summed E-state index contributed by atoms with van der Waals surface area (Å²) in [5, 5.41) is 0. The minimum Gasteiger partial charge on any atom is -0.340 e. The van der Waals surface area contributed by atoms with Crippen LogP contribution in [0.4, 0.5) is 5.95 Å². The molecule has 1 aliphatic heterocycles. The van der Waals surface area contributed by atoms with Crippen LogP contribution >= 0.6 is 0 Å². The first-order valence-electron chi connectivity index (χ1n) is 6.72. The van der Waals surface area contributed by atoms with Crippen LogP contribution in [-0.4, -0.2) is 29.1 Å². The Bertz CT molecular complexity index is 411. The lowest BCUT2D eigenvalue weighted by Gasteiger charge is -2.35. The normalized spacial score (nSPS) is 25.3. The van der Waals surface area contributed by atoms with Gasteiger partial charge in [0.05, 0.1) is 5.69 Å². The van der Waals surface area contributed by atoms with Crippen molar-refractivity contribution >= 4 is 5.95 Å². The Labute approximate surface area is 110 Å². The molecule has 0 bridgehead atoms. The Morgan fingerprint density at radius 3 is 2.72 bits per heavy atom. The van der Waals surface area contributed by atoms with Crippen molar-refractivity contribution in [1.29, 1.82) is 0 Å². The zero-order valence-corrected chi connectivity index (χ0v) is 11.8. The number of hydrogen-bond donors (Lipinski definition) is 1. The number of rotatable bonds is 1. The van der Waals surface area contributed by atoms with Gasteiger partial charge < -0.3 is 10.6 Å². The molecule has 1 aliphatic rings. The molecule has 2 heterocycles. The summed E-state index contributed by atoms with van der Waals surface area (Å²) in [6.07, 6.45) is 2.88.